The van der Waals surface area contributed by atoms with Gasteiger partial charge >= 0.3 is 0 Å². The molecule has 0 N–H and O–H groups in total. The van der Waals surface area contributed by atoms with E-state index in [9.17, 15) is 13.0 Å². The largest absolute Gasteiger partial charge is 0.612 e. The molecular weight excluding hydrogens is 607 g/mol. The molecule has 1 aromatic heterocycles. The van der Waals surface area contributed by atoms with E-state index < -0.39 is 21.0 Å². The minimum absolute atomic E-state index is 0.194. The molecule has 1 atom stereocenters. The number of likely N-dealkylation sites (tertiary alicyclic amines) is 1. The Morgan fingerprint density at radius 3 is 2.02 bits per heavy atom. The van der Waals surface area contributed by atoms with E-state index in [4.69, 9.17) is 4.74 Å². The first-order valence-electron chi connectivity index (χ1n) is 16.5. The lowest BCUT2D eigenvalue weighted by Crippen LogP contribution is -2.56. The summed E-state index contributed by atoms with van der Waals surface area (Å²) in [6.07, 6.45) is 7.65. The number of hydrogen-bond acceptors (Lipinski definition) is 9. The average molecular weight is 654 g/mol. The van der Waals surface area contributed by atoms with Crippen molar-refractivity contribution in [3.05, 3.63) is 48.7 Å². The van der Waals surface area contributed by atoms with Gasteiger partial charge in [-0.1, -0.05) is 6.92 Å². The maximum atomic E-state index is 14.2. The third-order valence-electron chi connectivity index (χ3n) is 10.0. The molecule has 9 nitrogen and oxygen atoms in total. The fraction of sp³-hybridized carbons (Fsp3) is 0.559. The fourth-order valence-electron chi connectivity index (χ4n) is 7.37. The lowest BCUT2D eigenvalue weighted by Gasteiger charge is -2.46. The second-order valence-electron chi connectivity index (χ2n) is 12.5. The Kier molecular flexibility index (Phi) is 10.2. The third kappa shape index (κ3) is 6.99. The van der Waals surface area contributed by atoms with Crippen LogP contribution in [0.1, 0.15) is 39.5 Å². The van der Waals surface area contributed by atoms with Crippen LogP contribution in [0.15, 0.2) is 63.3 Å². The van der Waals surface area contributed by atoms with Gasteiger partial charge < -0.3 is 19.1 Å². The van der Waals surface area contributed by atoms with E-state index in [1.54, 1.807) is 30.5 Å². The van der Waals surface area contributed by atoms with Gasteiger partial charge in [0.25, 0.3) is 0 Å². The summed E-state index contributed by atoms with van der Waals surface area (Å²) in [7, 11) is -3.89. The quantitative estimate of drug-likeness (QED) is 0.314. The van der Waals surface area contributed by atoms with Crippen molar-refractivity contribution in [3.8, 4) is 5.75 Å². The lowest BCUT2D eigenvalue weighted by atomic mass is 9.99. The van der Waals surface area contributed by atoms with Crippen molar-refractivity contribution < 1.29 is 17.7 Å². The topological polar surface area (TPSA) is 92.3 Å². The van der Waals surface area contributed by atoms with E-state index in [0.717, 1.165) is 70.1 Å². The van der Waals surface area contributed by atoms with Crippen molar-refractivity contribution in [2.45, 2.75) is 66.3 Å². The van der Waals surface area contributed by atoms with Crippen molar-refractivity contribution in [2.75, 3.05) is 76.7 Å². The van der Waals surface area contributed by atoms with Crippen LogP contribution in [0.5, 0.6) is 5.75 Å². The van der Waals surface area contributed by atoms with Gasteiger partial charge in [-0.3, -0.25) is 14.8 Å². The second kappa shape index (κ2) is 14.1. The Balaban J connectivity index is 1.21. The Bertz CT molecular complexity index is 1540. The number of anilines is 1. The van der Waals surface area contributed by atoms with E-state index in [2.05, 4.69) is 31.5 Å². The Hall–Kier alpha value is -2.41. The smallest absolute Gasteiger partial charge is 0.210 e. The predicted molar refractivity (Wildman–Crippen MR) is 181 cm³/mol. The normalized spacial score (nSPS) is 20.9. The number of benzene rings is 2. The van der Waals surface area contributed by atoms with Gasteiger partial charge in [-0.25, -0.2) is 8.42 Å². The van der Waals surface area contributed by atoms with E-state index in [1.165, 1.54) is 32.1 Å². The molecule has 4 heterocycles. The minimum Gasteiger partial charge on any atom is -0.612 e. The Morgan fingerprint density at radius 1 is 0.867 bits per heavy atom. The van der Waals surface area contributed by atoms with E-state index in [0.29, 0.717) is 34.5 Å². The molecule has 3 fully saturated rings. The van der Waals surface area contributed by atoms with Crippen molar-refractivity contribution in [3.63, 3.8) is 0 Å². The van der Waals surface area contributed by atoms with Gasteiger partial charge in [0.1, 0.15) is 16.9 Å². The average Bonchev–Trinajstić information content (AvgIpc) is 3.08. The van der Waals surface area contributed by atoms with Gasteiger partial charge in [0.15, 0.2) is 4.90 Å². The monoisotopic (exact) mass is 653 g/mol. The molecule has 1 unspecified atom stereocenters. The van der Waals surface area contributed by atoms with Crippen LogP contribution < -0.4 is 9.64 Å². The lowest BCUT2D eigenvalue weighted by molar-refractivity contribution is 0.0384. The van der Waals surface area contributed by atoms with E-state index in [1.807, 2.05) is 25.1 Å². The molecule has 6 rings (SSSR count). The van der Waals surface area contributed by atoms with Crippen molar-refractivity contribution in [2.24, 2.45) is 0 Å². The van der Waals surface area contributed by atoms with Crippen LogP contribution in [0.25, 0.3) is 10.9 Å². The van der Waals surface area contributed by atoms with Gasteiger partial charge in [-0.15, -0.1) is 0 Å². The highest BCUT2D eigenvalue weighted by molar-refractivity contribution is 7.91. The number of hydrogen-bond donors (Lipinski definition) is 0. The summed E-state index contributed by atoms with van der Waals surface area (Å²) < 4.78 is 46.3. The van der Waals surface area contributed by atoms with Gasteiger partial charge in [0.05, 0.1) is 22.7 Å². The molecule has 11 heteroatoms. The van der Waals surface area contributed by atoms with Crippen LogP contribution in [0.4, 0.5) is 5.69 Å². The molecule has 0 spiro atoms. The van der Waals surface area contributed by atoms with Crippen molar-refractivity contribution in [1.82, 2.24) is 19.7 Å². The SMILES string of the molecule is CCOc1ccc(S(=O)(=O)c2cnc3ccc([S+](C)[O-])cc3c2N2CCC(N3CCN(C4CCN(CC)CC4)CC3)CC2)cc1. The number of rotatable bonds is 9. The second-order valence-corrected chi connectivity index (χ2v) is 15.8. The van der Waals surface area contributed by atoms with Crippen LogP contribution in [0.3, 0.4) is 0 Å². The van der Waals surface area contributed by atoms with Crippen LogP contribution >= 0.6 is 0 Å². The summed E-state index contributed by atoms with van der Waals surface area (Å²) in [5.41, 5.74) is 1.37. The molecule has 0 bridgehead atoms. The highest BCUT2D eigenvalue weighted by Crippen LogP contribution is 2.39. The number of piperidine rings is 2. The number of fused-ring (bicyclic) bond motifs is 1. The van der Waals surface area contributed by atoms with Gasteiger partial charge in [-0.2, -0.15) is 0 Å². The molecule has 45 heavy (non-hydrogen) atoms. The molecule has 0 amide bonds. The third-order valence-corrected chi connectivity index (χ3v) is 12.7. The highest BCUT2D eigenvalue weighted by Gasteiger charge is 2.34. The van der Waals surface area contributed by atoms with Gasteiger partial charge in [-0.05, 0) is 99.8 Å². The van der Waals surface area contributed by atoms with E-state index >= 15 is 0 Å². The predicted octanol–water partition coefficient (Wildman–Crippen LogP) is 4.27. The van der Waals surface area contributed by atoms with Crippen molar-refractivity contribution in [1.29, 1.82) is 0 Å². The number of pyridine rings is 1. The zero-order chi connectivity index (χ0) is 31.6. The first-order valence-corrected chi connectivity index (χ1v) is 19.5. The highest BCUT2D eigenvalue weighted by atomic mass is 32.2. The van der Waals surface area contributed by atoms with Gasteiger partial charge in [0.2, 0.25) is 9.84 Å². The van der Waals surface area contributed by atoms with Crippen LogP contribution in [-0.2, 0) is 21.0 Å². The summed E-state index contributed by atoms with van der Waals surface area (Å²) >= 11 is -1.21. The first kappa shape index (κ1) is 32.5. The Morgan fingerprint density at radius 2 is 1.47 bits per heavy atom. The molecule has 0 radical (unpaired) electrons. The summed E-state index contributed by atoms with van der Waals surface area (Å²) in [5.74, 6) is 0.633. The first-order chi connectivity index (χ1) is 21.8. The molecule has 3 aromatic rings. The molecule has 0 saturated carbocycles. The molecule has 0 aliphatic carbocycles. The summed E-state index contributed by atoms with van der Waals surface area (Å²) in [6, 6.07) is 13.3. The minimum atomic E-state index is -3.89. The molecule has 3 aliphatic heterocycles. The summed E-state index contributed by atoms with van der Waals surface area (Å²) in [5, 5.41) is 0.732. The van der Waals surface area contributed by atoms with E-state index in [-0.39, 0.29) is 9.79 Å². The molecule has 2 aromatic carbocycles. The summed E-state index contributed by atoms with van der Waals surface area (Å²) in [4.78, 5) is 15.8. The summed E-state index contributed by atoms with van der Waals surface area (Å²) in [6.45, 7) is 14.2. The van der Waals surface area contributed by atoms with Crippen LogP contribution in [0, 0.1) is 0 Å². The number of sulfone groups is 1. The number of piperazine rings is 1. The van der Waals surface area contributed by atoms with Crippen LogP contribution in [0.2, 0.25) is 0 Å². The standard InChI is InChI=1S/C34H47N5O4S2/c1-4-36-16-12-26(13-17-36)37-20-22-38(23-21-37)27-14-18-39(19-15-27)34-31-24-29(44(3)40)8-11-32(31)35-25-33(34)45(41,42)30-9-6-28(7-10-30)43-5-2/h6-11,24-27H,4-5,12-23H2,1-3H3. The number of aromatic nitrogens is 1. The number of ether oxygens (including phenoxy) is 1. The van der Waals surface area contributed by atoms with Crippen LogP contribution in [-0.4, -0.2) is 117 Å². The zero-order valence-electron chi connectivity index (χ0n) is 26.9. The maximum Gasteiger partial charge on any atom is 0.210 e. The molecule has 244 valence electrons. The number of nitrogens with zero attached hydrogens (tertiary/aromatic N) is 5. The molecule has 3 aliphatic rings. The zero-order valence-corrected chi connectivity index (χ0v) is 28.5. The van der Waals surface area contributed by atoms with Gasteiger partial charge in [0, 0.05) is 69.0 Å². The Labute approximate surface area is 271 Å². The molecule has 3 saturated heterocycles. The van der Waals surface area contributed by atoms with Crippen molar-refractivity contribution >= 4 is 37.6 Å². The molecular formula is C34H47N5O4S2. The fourth-order valence-corrected chi connectivity index (χ4v) is 9.35. The maximum absolute atomic E-state index is 14.2.